The average molecular weight is 303 g/mol. The lowest BCUT2D eigenvalue weighted by molar-refractivity contribution is 1.28. The van der Waals surface area contributed by atoms with Crippen molar-refractivity contribution in [2.45, 2.75) is 0 Å². The zero-order valence-corrected chi connectivity index (χ0v) is 10.6. The van der Waals surface area contributed by atoms with Crippen LogP contribution in [0.5, 0.6) is 0 Å². The molecule has 2 aromatic rings. The second-order valence-corrected chi connectivity index (χ2v) is 4.69. The maximum absolute atomic E-state index is 5.92. The van der Waals surface area contributed by atoms with E-state index >= 15 is 0 Å². The van der Waals surface area contributed by atoms with Gasteiger partial charge in [0.25, 0.3) is 0 Å². The van der Waals surface area contributed by atoms with Gasteiger partial charge in [0.1, 0.15) is 4.60 Å². The second kappa shape index (κ2) is 4.52. The van der Waals surface area contributed by atoms with Gasteiger partial charge in [0.15, 0.2) is 0 Å². The number of benzene rings is 1. The SMILES string of the molecule is Clc1cc(Cl)cc(-c2cccc(Br)n2)c1. The highest BCUT2D eigenvalue weighted by Gasteiger charge is 2.02. The predicted octanol–water partition coefficient (Wildman–Crippen LogP) is 4.82. The maximum Gasteiger partial charge on any atom is 0.106 e. The molecule has 0 spiro atoms. The number of hydrogen-bond donors (Lipinski definition) is 0. The molecule has 1 heterocycles. The van der Waals surface area contributed by atoms with Crippen LogP contribution in [0.3, 0.4) is 0 Å². The van der Waals surface area contributed by atoms with Gasteiger partial charge in [-0.25, -0.2) is 4.98 Å². The highest BCUT2D eigenvalue weighted by Crippen LogP contribution is 2.26. The van der Waals surface area contributed by atoms with Crippen molar-refractivity contribution in [2.24, 2.45) is 0 Å². The van der Waals surface area contributed by atoms with E-state index in [-0.39, 0.29) is 0 Å². The van der Waals surface area contributed by atoms with Crippen LogP contribution in [0.15, 0.2) is 41.0 Å². The summed E-state index contributed by atoms with van der Waals surface area (Å²) >= 11 is 15.2. The fourth-order valence-electron chi connectivity index (χ4n) is 1.27. The minimum Gasteiger partial charge on any atom is -0.241 e. The van der Waals surface area contributed by atoms with Gasteiger partial charge >= 0.3 is 0 Å². The van der Waals surface area contributed by atoms with E-state index in [1.54, 1.807) is 6.07 Å². The van der Waals surface area contributed by atoms with E-state index in [2.05, 4.69) is 20.9 Å². The molecule has 0 aliphatic carbocycles. The van der Waals surface area contributed by atoms with E-state index in [1.807, 2.05) is 30.3 Å². The van der Waals surface area contributed by atoms with E-state index < -0.39 is 0 Å². The van der Waals surface area contributed by atoms with Gasteiger partial charge in [-0.3, -0.25) is 0 Å². The number of pyridine rings is 1. The Balaban J connectivity index is 2.54. The molecular weight excluding hydrogens is 297 g/mol. The van der Waals surface area contributed by atoms with Crippen molar-refractivity contribution in [3.63, 3.8) is 0 Å². The van der Waals surface area contributed by atoms with Gasteiger partial charge in [-0.05, 0) is 46.3 Å². The molecule has 0 fully saturated rings. The van der Waals surface area contributed by atoms with Crippen LogP contribution in [0.2, 0.25) is 10.0 Å². The van der Waals surface area contributed by atoms with E-state index in [0.29, 0.717) is 10.0 Å². The smallest absolute Gasteiger partial charge is 0.106 e. The fraction of sp³-hybridized carbons (Fsp3) is 0. The third-order valence-corrected chi connectivity index (χ3v) is 2.75. The number of hydrogen-bond acceptors (Lipinski definition) is 1. The van der Waals surface area contributed by atoms with Gasteiger partial charge in [-0.1, -0.05) is 29.3 Å². The molecule has 0 bridgehead atoms. The zero-order chi connectivity index (χ0) is 10.8. The summed E-state index contributed by atoms with van der Waals surface area (Å²) in [5.74, 6) is 0. The minimum absolute atomic E-state index is 0.610. The molecule has 0 atom stereocenters. The molecule has 1 aromatic heterocycles. The number of halogens is 3. The Morgan fingerprint density at radius 2 is 1.67 bits per heavy atom. The van der Waals surface area contributed by atoms with E-state index in [1.165, 1.54) is 0 Å². The third-order valence-electron chi connectivity index (χ3n) is 1.87. The molecule has 15 heavy (non-hydrogen) atoms. The van der Waals surface area contributed by atoms with Crippen LogP contribution >= 0.6 is 39.1 Å². The first kappa shape index (κ1) is 10.9. The summed E-state index contributed by atoms with van der Waals surface area (Å²) in [5.41, 5.74) is 1.75. The van der Waals surface area contributed by atoms with Crippen molar-refractivity contribution in [3.8, 4) is 11.3 Å². The summed E-state index contributed by atoms with van der Waals surface area (Å²) < 4.78 is 0.788. The Hall–Kier alpha value is -0.570. The molecule has 0 saturated carbocycles. The van der Waals surface area contributed by atoms with Gasteiger partial charge in [0, 0.05) is 15.6 Å². The zero-order valence-electron chi connectivity index (χ0n) is 7.55. The largest absolute Gasteiger partial charge is 0.241 e. The van der Waals surface area contributed by atoms with Gasteiger partial charge in [0.05, 0.1) is 5.69 Å². The monoisotopic (exact) mass is 301 g/mol. The second-order valence-electron chi connectivity index (χ2n) is 3.00. The number of aromatic nitrogens is 1. The molecular formula is C11H6BrCl2N. The summed E-state index contributed by atoms with van der Waals surface area (Å²) in [4.78, 5) is 4.33. The Bertz CT molecular complexity index is 479. The van der Waals surface area contributed by atoms with Crippen molar-refractivity contribution in [2.75, 3.05) is 0 Å². The Kier molecular flexibility index (Phi) is 3.29. The van der Waals surface area contributed by atoms with Crippen molar-refractivity contribution < 1.29 is 0 Å². The molecule has 0 amide bonds. The van der Waals surface area contributed by atoms with Gasteiger partial charge in [-0.2, -0.15) is 0 Å². The quantitative estimate of drug-likeness (QED) is 0.688. The van der Waals surface area contributed by atoms with Crippen LogP contribution in [0.1, 0.15) is 0 Å². The Morgan fingerprint density at radius 3 is 2.27 bits per heavy atom. The Labute approximate surface area is 106 Å². The molecule has 2 rings (SSSR count). The molecule has 0 saturated heterocycles. The lowest BCUT2D eigenvalue weighted by Crippen LogP contribution is -1.83. The topological polar surface area (TPSA) is 12.9 Å². The summed E-state index contributed by atoms with van der Waals surface area (Å²) in [6.07, 6.45) is 0. The van der Waals surface area contributed by atoms with Crippen LogP contribution in [0.4, 0.5) is 0 Å². The molecule has 0 N–H and O–H groups in total. The number of nitrogens with zero attached hydrogens (tertiary/aromatic N) is 1. The van der Waals surface area contributed by atoms with Crippen LogP contribution in [-0.4, -0.2) is 4.98 Å². The lowest BCUT2D eigenvalue weighted by atomic mass is 10.1. The molecule has 4 heteroatoms. The lowest BCUT2D eigenvalue weighted by Gasteiger charge is -2.02. The van der Waals surface area contributed by atoms with Crippen LogP contribution in [0, 0.1) is 0 Å². The van der Waals surface area contributed by atoms with Crippen molar-refractivity contribution in [1.82, 2.24) is 4.98 Å². The highest BCUT2D eigenvalue weighted by atomic mass is 79.9. The minimum atomic E-state index is 0.610. The van der Waals surface area contributed by atoms with Crippen LogP contribution in [0.25, 0.3) is 11.3 Å². The predicted molar refractivity (Wildman–Crippen MR) is 67.4 cm³/mol. The Morgan fingerprint density at radius 1 is 1.00 bits per heavy atom. The van der Waals surface area contributed by atoms with E-state index in [0.717, 1.165) is 15.9 Å². The molecule has 1 aromatic carbocycles. The molecule has 76 valence electrons. The number of rotatable bonds is 1. The van der Waals surface area contributed by atoms with Gasteiger partial charge < -0.3 is 0 Å². The van der Waals surface area contributed by atoms with Gasteiger partial charge in [0.2, 0.25) is 0 Å². The fourth-order valence-corrected chi connectivity index (χ4v) is 2.14. The van der Waals surface area contributed by atoms with Crippen LogP contribution in [-0.2, 0) is 0 Å². The van der Waals surface area contributed by atoms with E-state index in [4.69, 9.17) is 23.2 Å². The molecule has 0 aliphatic rings. The van der Waals surface area contributed by atoms with Crippen LogP contribution < -0.4 is 0 Å². The molecule has 0 unspecified atom stereocenters. The highest BCUT2D eigenvalue weighted by molar-refractivity contribution is 9.10. The summed E-state index contributed by atoms with van der Waals surface area (Å²) in [6.45, 7) is 0. The summed E-state index contributed by atoms with van der Waals surface area (Å²) in [6, 6.07) is 11.1. The first-order valence-corrected chi connectivity index (χ1v) is 5.79. The summed E-state index contributed by atoms with van der Waals surface area (Å²) in [5, 5.41) is 1.22. The molecule has 1 nitrogen and oxygen atoms in total. The standard InChI is InChI=1S/C11H6BrCl2N/c12-11-3-1-2-10(15-11)7-4-8(13)6-9(14)5-7/h1-6H. The van der Waals surface area contributed by atoms with Gasteiger partial charge in [-0.15, -0.1) is 0 Å². The van der Waals surface area contributed by atoms with Crippen molar-refractivity contribution in [1.29, 1.82) is 0 Å². The normalized spacial score (nSPS) is 10.3. The average Bonchev–Trinajstić information content (AvgIpc) is 2.16. The van der Waals surface area contributed by atoms with E-state index in [9.17, 15) is 0 Å². The third kappa shape index (κ3) is 2.71. The van der Waals surface area contributed by atoms with Crippen molar-refractivity contribution >= 4 is 39.1 Å². The maximum atomic E-state index is 5.92. The molecule has 0 aliphatic heterocycles. The van der Waals surface area contributed by atoms with Crippen molar-refractivity contribution in [3.05, 3.63) is 51.0 Å². The molecule has 0 radical (unpaired) electrons. The summed E-state index contributed by atoms with van der Waals surface area (Å²) in [7, 11) is 0. The first-order valence-electron chi connectivity index (χ1n) is 4.24. The first-order chi connectivity index (χ1) is 7.15.